The van der Waals surface area contributed by atoms with Gasteiger partial charge < -0.3 is 5.32 Å². The minimum Gasteiger partial charge on any atom is -0.307 e. The molecule has 118 valence electrons. The van der Waals surface area contributed by atoms with Crippen molar-refractivity contribution in [2.45, 2.75) is 50.9 Å². The van der Waals surface area contributed by atoms with Gasteiger partial charge >= 0.3 is 6.18 Å². The van der Waals surface area contributed by atoms with Crippen molar-refractivity contribution in [3.63, 3.8) is 0 Å². The van der Waals surface area contributed by atoms with Crippen LogP contribution in [0.3, 0.4) is 0 Å². The van der Waals surface area contributed by atoms with Crippen LogP contribution in [-0.4, -0.2) is 12.2 Å². The Morgan fingerprint density at radius 1 is 1.19 bits per heavy atom. The van der Waals surface area contributed by atoms with Crippen LogP contribution >= 0.6 is 11.6 Å². The highest BCUT2D eigenvalue weighted by atomic mass is 35.5. The molecule has 1 aliphatic carbocycles. The van der Waals surface area contributed by atoms with Crippen LogP contribution in [0.2, 0.25) is 5.02 Å². The first-order chi connectivity index (χ1) is 9.77. The van der Waals surface area contributed by atoms with Gasteiger partial charge in [0.1, 0.15) is 5.82 Å². The molecule has 0 heterocycles. The van der Waals surface area contributed by atoms with Gasteiger partial charge in [-0.2, -0.15) is 13.2 Å². The third-order valence-corrected chi connectivity index (χ3v) is 4.43. The van der Waals surface area contributed by atoms with Crippen LogP contribution in [0.1, 0.15) is 44.2 Å². The summed E-state index contributed by atoms with van der Waals surface area (Å²) in [5.41, 5.74) is 0.745. The Morgan fingerprint density at radius 2 is 1.81 bits per heavy atom. The summed E-state index contributed by atoms with van der Waals surface area (Å²) in [6, 6.07) is 4.50. The van der Waals surface area contributed by atoms with E-state index < -0.39 is 17.9 Å². The van der Waals surface area contributed by atoms with Crippen molar-refractivity contribution >= 4 is 11.6 Å². The van der Waals surface area contributed by atoms with Gasteiger partial charge in [-0.25, -0.2) is 4.39 Å². The zero-order valence-corrected chi connectivity index (χ0v) is 12.4. The van der Waals surface area contributed by atoms with E-state index >= 15 is 0 Å². The molecular formula is C15H18ClF4N. The van der Waals surface area contributed by atoms with E-state index in [0.29, 0.717) is 12.8 Å². The molecule has 0 amide bonds. The second-order valence-corrected chi connectivity index (χ2v) is 6.06. The van der Waals surface area contributed by atoms with Crippen molar-refractivity contribution in [2.75, 3.05) is 0 Å². The van der Waals surface area contributed by atoms with Gasteiger partial charge in [0.15, 0.2) is 0 Å². The molecule has 0 bridgehead atoms. The van der Waals surface area contributed by atoms with Crippen molar-refractivity contribution in [1.29, 1.82) is 0 Å². The lowest BCUT2D eigenvalue weighted by Gasteiger charge is -2.32. The SMILES string of the molecule is CC(NC1CCC(C(F)(F)F)CC1)c1ccc(Cl)c(F)c1. The molecule has 0 aliphatic heterocycles. The minimum absolute atomic E-state index is 0.0392. The Bertz CT molecular complexity index is 481. The topological polar surface area (TPSA) is 12.0 Å². The first kappa shape index (κ1) is 16.6. The Balaban J connectivity index is 1.89. The number of hydrogen-bond acceptors (Lipinski definition) is 1. The number of halogens is 5. The molecule has 1 nitrogen and oxygen atoms in total. The van der Waals surface area contributed by atoms with Crippen molar-refractivity contribution in [3.8, 4) is 0 Å². The molecule has 1 saturated carbocycles. The summed E-state index contributed by atoms with van der Waals surface area (Å²) < 4.78 is 51.2. The maximum atomic E-state index is 13.4. The molecule has 0 aromatic heterocycles. The Labute approximate surface area is 126 Å². The average molecular weight is 324 g/mol. The second-order valence-electron chi connectivity index (χ2n) is 5.65. The zero-order chi connectivity index (χ0) is 15.6. The van der Waals surface area contributed by atoms with Crippen molar-refractivity contribution in [1.82, 2.24) is 5.32 Å². The van der Waals surface area contributed by atoms with Crippen molar-refractivity contribution in [3.05, 3.63) is 34.6 Å². The van der Waals surface area contributed by atoms with E-state index in [2.05, 4.69) is 5.32 Å². The van der Waals surface area contributed by atoms with Gasteiger partial charge in [0, 0.05) is 12.1 Å². The molecule has 0 spiro atoms. The van der Waals surface area contributed by atoms with Crippen molar-refractivity contribution in [2.24, 2.45) is 5.92 Å². The highest BCUT2D eigenvalue weighted by Gasteiger charge is 2.41. The lowest BCUT2D eigenvalue weighted by molar-refractivity contribution is -0.182. The van der Waals surface area contributed by atoms with Crippen LogP contribution in [0.25, 0.3) is 0 Å². The van der Waals surface area contributed by atoms with Crippen LogP contribution in [0.5, 0.6) is 0 Å². The molecule has 0 radical (unpaired) electrons. The van der Waals surface area contributed by atoms with Crippen LogP contribution < -0.4 is 5.32 Å². The fourth-order valence-corrected chi connectivity index (χ4v) is 2.94. The van der Waals surface area contributed by atoms with E-state index in [1.165, 1.54) is 12.1 Å². The van der Waals surface area contributed by atoms with Crippen molar-refractivity contribution < 1.29 is 17.6 Å². The predicted molar refractivity (Wildman–Crippen MR) is 74.8 cm³/mol. The quantitative estimate of drug-likeness (QED) is 0.749. The summed E-state index contributed by atoms with van der Waals surface area (Å²) in [4.78, 5) is 0. The molecule has 1 aliphatic rings. The molecule has 1 unspecified atom stereocenters. The van der Waals surface area contributed by atoms with E-state index in [0.717, 1.165) is 5.56 Å². The molecule has 1 N–H and O–H groups in total. The number of benzene rings is 1. The third kappa shape index (κ3) is 4.33. The molecule has 1 aromatic rings. The molecule has 0 saturated heterocycles. The van der Waals surface area contributed by atoms with E-state index in [1.54, 1.807) is 6.07 Å². The normalized spacial score (nSPS) is 24.9. The van der Waals surface area contributed by atoms with Crippen LogP contribution in [0.4, 0.5) is 17.6 Å². The predicted octanol–water partition coefficient (Wildman–Crippen LogP) is 5.25. The number of nitrogens with one attached hydrogen (secondary N) is 1. The number of alkyl halides is 3. The van der Waals surface area contributed by atoms with E-state index in [4.69, 9.17) is 11.6 Å². The first-order valence-electron chi connectivity index (χ1n) is 7.05. The molecular weight excluding hydrogens is 306 g/mol. The van der Waals surface area contributed by atoms with E-state index in [1.807, 2.05) is 6.92 Å². The van der Waals surface area contributed by atoms with Crippen LogP contribution in [0.15, 0.2) is 18.2 Å². The smallest absolute Gasteiger partial charge is 0.307 e. The lowest BCUT2D eigenvalue weighted by atomic mass is 9.85. The Morgan fingerprint density at radius 3 is 2.33 bits per heavy atom. The monoisotopic (exact) mass is 323 g/mol. The largest absolute Gasteiger partial charge is 0.391 e. The average Bonchev–Trinajstić information content (AvgIpc) is 2.41. The molecule has 21 heavy (non-hydrogen) atoms. The molecule has 1 fully saturated rings. The van der Waals surface area contributed by atoms with Crippen LogP contribution in [0, 0.1) is 11.7 Å². The summed E-state index contributed by atoms with van der Waals surface area (Å²) in [6.07, 6.45) is -2.79. The van der Waals surface area contributed by atoms with Gasteiger partial charge in [-0.05, 0) is 50.3 Å². The second kappa shape index (κ2) is 6.53. The maximum Gasteiger partial charge on any atom is 0.391 e. The summed E-state index contributed by atoms with van der Waals surface area (Å²) in [5.74, 6) is -1.66. The van der Waals surface area contributed by atoms with Gasteiger partial charge in [0.2, 0.25) is 0 Å². The van der Waals surface area contributed by atoms with E-state index in [9.17, 15) is 17.6 Å². The van der Waals surface area contributed by atoms with Gasteiger partial charge in [-0.1, -0.05) is 17.7 Å². The first-order valence-corrected chi connectivity index (χ1v) is 7.43. The fourth-order valence-electron chi connectivity index (χ4n) is 2.82. The summed E-state index contributed by atoms with van der Waals surface area (Å²) in [6.45, 7) is 1.87. The third-order valence-electron chi connectivity index (χ3n) is 4.12. The highest BCUT2D eigenvalue weighted by Crippen LogP contribution is 2.38. The summed E-state index contributed by atoms with van der Waals surface area (Å²) in [7, 11) is 0. The summed E-state index contributed by atoms with van der Waals surface area (Å²) >= 11 is 5.63. The van der Waals surface area contributed by atoms with Crippen LogP contribution in [-0.2, 0) is 0 Å². The summed E-state index contributed by atoms with van der Waals surface area (Å²) in [5, 5.41) is 3.34. The lowest BCUT2D eigenvalue weighted by Crippen LogP contribution is -2.38. The fraction of sp³-hybridized carbons (Fsp3) is 0.600. The highest BCUT2D eigenvalue weighted by molar-refractivity contribution is 6.30. The molecule has 6 heteroatoms. The Hall–Kier alpha value is -0.810. The minimum atomic E-state index is -4.09. The molecule has 1 aromatic carbocycles. The zero-order valence-electron chi connectivity index (χ0n) is 11.7. The molecule has 2 rings (SSSR count). The van der Waals surface area contributed by atoms with Gasteiger partial charge in [0.05, 0.1) is 10.9 Å². The van der Waals surface area contributed by atoms with Gasteiger partial charge in [-0.3, -0.25) is 0 Å². The van der Waals surface area contributed by atoms with Gasteiger partial charge in [0.25, 0.3) is 0 Å². The Kier molecular flexibility index (Phi) is 5.15. The maximum absolute atomic E-state index is 13.4. The number of rotatable bonds is 3. The standard InChI is InChI=1S/C15H18ClF4N/c1-9(10-2-7-13(16)14(17)8-10)21-12-5-3-11(4-6-12)15(18,19)20/h2,7-9,11-12,21H,3-6H2,1H3. The number of hydrogen-bond donors (Lipinski definition) is 1. The van der Waals surface area contributed by atoms with Gasteiger partial charge in [-0.15, -0.1) is 0 Å². The van der Waals surface area contributed by atoms with E-state index in [-0.39, 0.29) is 29.9 Å². The molecule has 1 atom stereocenters.